The van der Waals surface area contributed by atoms with Crippen molar-refractivity contribution in [2.75, 3.05) is 13.2 Å². The van der Waals surface area contributed by atoms with E-state index in [9.17, 15) is 14.4 Å². The smallest absolute Gasteiger partial charge is 0.408 e. The highest BCUT2D eigenvalue weighted by molar-refractivity contribution is 6.37. The van der Waals surface area contributed by atoms with Gasteiger partial charge in [0.25, 0.3) is 0 Å². The summed E-state index contributed by atoms with van der Waals surface area (Å²) in [4.78, 5) is 42.0. The van der Waals surface area contributed by atoms with Crippen molar-refractivity contribution < 1.29 is 33.4 Å². The Morgan fingerprint density at radius 1 is 1.19 bits per heavy atom. The molecule has 1 rings (SSSR count). The molecule has 1 aliphatic heterocycles. The van der Waals surface area contributed by atoms with Gasteiger partial charge in [-0.25, -0.2) is 14.4 Å². The summed E-state index contributed by atoms with van der Waals surface area (Å²) < 4.78 is 15.3. The predicted molar refractivity (Wildman–Crippen MR) is 97.1 cm³/mol. The van der Waals surface area contributed by atoms with Gasteiger partial charge in [0.15, 0.2) is 5.71 Å². The highest BCUT2D eigenvalue weighted by Crippen LogP contribution is 2.33. The number of carbonyl (C=O) groups excluding carboxylic acids is 3. The molecule has 1 heterocycles. The summed E-state index contributed by atoms with van der Waals surface area (Å²) in [5.74, 6) is -1.83. The number of alkyl carbamates (subject to hydrolysis) is 1. The van der Waals surface area contributed by atoms with E-state index < -0.39 is 41.2 Å². The standard InChI is InChI=1S/C18H30N2O7/c1-8-24-14(21)12(19-16(23)26-17(3,4)5)10-11-13(15(22)25-9-2)20-27-18(11,6)7/h11-12H,8-10H2,1-7H3,(H,19,23)/t11-,12-/m1/s1. The van der Waals surface area contributed by atoms with Crippen LogP contribution in [0.4, 0.5) is 4.79 Å². The lowest BCUT2D eigenvalue weighted by Gasteiger charge is -2.28. The molecule has 0 saturated carbocycles. The molecule has 0 saturated heterocycles. The van der Waals surface area contributed by atoms with Crippen molar-refractivity contribution >= 4 is 23.7 Å². The number of hydrogen-bond acceptors (Lipinski definition) is 8. The second kappa shape index (κ2) is 9.05. The van der Waals surface area contributed by atoms with Gasteiger partial charge in [0.2, 0.25) is 0 Å². The fourth-order valence-corrected chi connectivity index (χ4v) is 2.55. The second-order valence-electron chi connectivity index (χ2n) is 7.63. The van der Waals surface area contributed by atoms with Gasteiger partial charge in [0.1, 0.15) is 17.2 Å². The van der Waals surface area contributed by atoms with E-state index in [-0.39, 0.29) is 25.3 Å². The predicted octanol–water partition coefficient (Wildman–Crippen LogP) is 2.18. The molecule has 154 valence electrons. The van der Waals surface area contributed by atoms with Gasteiger partial charge in [-0.3, -0.25) is 0 Å². The lowest BCUT2D eigenvalue weighted by Crippen LogP contribution is -2.48. The summed E-state index contributed by atoms with van der Waals surface area (Å²) in [6.45, 7) is 12.3. The summed E-state index contributed by atoms with van der Waals surface area (Å²) in [5, 5.41) is 6.35. The maximum atomic E-state index is 12.4. The zero-order valence-electron chi connectivity index (χ0n) is 17.1. The second-order valence-corrected chi connectivity index (χ2v) is 7.63. The number of rotatable bonds is 7. The number of carbonyl (C=O) groups is 3. The molecule has 0 aromatic heterocycles. The van der Waals surface area contributed by atoms with E-state index in [1.54, 1.807) is 48.5 Å². The molecule has 0 aliphatic carbocycles. The molecule has 0 bridgehead atoms. The van der Waals surface area contributed by atoms with Crippen LogP contribution in [0.1, 0.15) is 54.9 Å². The van der Waals surface area contributed by atoms with Crippen molar-refractivity contribution in [3.63, 3.8) is 0 Å². The summed E-state index contributed by atoms with van der Waals surface area (Å²) in [7, 11) is 0. The van der Waals surface area contributed by atoms with Crippen LogP contribution in [0.2, 0.25) is 0 Å². The molecule has 0 aromatic carbocycles. The Labute approximate surface area is 159 Å². The largest absolute Gasteiger partial charge is 0.464 e. The molecule has 9 heteroatoms. The summed E-state index contributed by atoms with van der Waals surface area (Å²) in [5.41, 5.74) is -1.51. The average Bonchev–Trinajstić information content (AvgIpc) is 2.80. The normalized spacial score (nSPS) is 19.4. The Hall–Kier alpha value is -2.32. The molecule has 1 aliphatic rings. The van der Waals surface area contributed by atoms with E-state index in [1.165, 1.54) is 0 Å². The van der Waals surface area contributed by atoms with E-state index in [0.717, 1.165) is 0 Å². The van der Waals surface area contributed by atoms with Crippen molar-refractivity contribution in [2.45, 2.75) is 72.1 Å². The van der Waals surface area contributed by atoms with Crippen LogP contribution in [0.3, 0.4) is 0 Å². The Balaban J connectivity index is 3.00. The number of nitrogens with zero attached hydrogens (tertiary/aromatic N) is 1. The van der Waals surface area contributed by atoms with Gasteiger partial charge in [0, 0.05) is 0 Å². The third-order valence-corrected chi connectivity index (χ3v) is 3.77. The zero-order valence-corrected chi connectivity index (χ0v) is 17.1. The van der Waals surface area contributed by atoms with Crippen LogP contribution >= 0.6 is 0 Å². The van der Waals surface area contributed by atoms with Gasteiger partial charge < -0.3 is 24.4 Å². The Morgan fingerprint density at radius 2 is 1.78 bits per heavy atom. The third-order valence-electron chi connectivity index (χ3n) is 3.77. The first kappa shape index (κ1) is 22.7. The van der Waals surface area contributed by atoms with Crippen LogP contribution in [0.25, 0.3) is 0 Å². The SMILES string of the molecule is CCOC(=O)C1=NOC(C)(C)[C@@H]1C[C@@H](NC(=O)OC(C)(C)C)C(=O)OCC. The number of nitrogens with one attached hydrogen (secondary N) is 1. The average molecular weight is 386 g/mol. The van der Waals surface area contributed by atoms with E-state index in [4.69, 9.17) is 19.0 Å². The zero-order chi connectivity index (χ0) is 20.8. The number of hydrogen-bond donors (Lipinski definition) is 1. The third kappa shape index (κ3) is 6.73. The number of amides is 1. The van der Waals surface area contributed by atoms with Crippen LogP contribution < -0.4 is 5.32 Å². The van der Waals surface area contributed by atoms with Gasteiger partial charge in [-0.15, -0.1) is 0 Å². The molecule has 0 fully saturated rings. The molecule has 0 aromatic rings. The fraction of sp³-hybridized carbons (Fsp3) is 0.778. The first-order valence-electron chi connectivity index (χ1n) is 9.00. The van der Waals surface area contributed by atoms with Crippen molar-refractivity contribution in [1.82, 2.24) is 5.32 Å². The van der Waals surface area contributed by atoms with Crippen LogP contribution in [0, 0.1) is 5.92 Å². The molecule has 9 nitrogen and oxygen atoms in total. The van der Waals surface area contributed by atoms with E-state index in [2.05, 4.69) is 10.5 Å². The molecule has 1 amide bonds. The first-order chi connectivity index (χ1) is 12.4. The van der Waals surface area contributed by atoms with Gasteiger partial charge in [0.05, 0.1) is 19.1 Å². The van der Waals surface area contributed by atoms with Gasteiger partial charge in [-0.05, 0) is 54.9 Å². The molecule has 2 atom stereocenters. The summed E-state index contributed by atoms with van der Waals surface area (Å²) >= 11 is 0. The molecule has 0 spiro atoms. The fourth-order valence-electron chi connectivity index (χ4n) is 2.55. The molecule has 27 heavy (non-hydrogen) atoms. The van der Waals surface area contributed by atoms with E-state index in [0.29, 0.717) is 0 Å². The Kier molecular flexibility index (Phi) is 7.62. The molecular weight excluding hydrogens is 356 g/mol. The highest BCUT2D eigenvalue weighted by Gasteiger charge is 2.47. The van der Waals surface area contributed by atoms with Crippen LogP contribution in [-0.2, 0) is 28.6 Å². The number of oxime groups is 1. The maximum absolute atomic E-state index is 12.4. The van der Waals surface area contributed by atoms with Crippen LogP contribution in [0.5, 0.6) is 0 Å². The van der Waals surface area contributed by atoms with E-state index in [1.807, 2.05) is 0 Å². The summed E-state index contributed by atoms with van der Waals surface area (Å²) in [6, 6.07) is -1.04. The minimum Gasteiger partial charge on any atom is -0.464 e. The number of ether oxygens (including phenoxy) is 3. The minimum absolute atomic E-state index is 0.0444. The molecule has 1 N–H and O–H groups in total. The van der Waals surface area contributed by atoms with Crippen molar-refractivity contribution in [2.24, 2.45) is 11.1 Å². The lowest BCUT2D eigenvalue weighted by atomic mass is 9.82. The van der Waals surface area contributed by atoms with Crippen LogP contribution in [0.15, 0.2) is 5.16 Å². The topological polar surface area (TPSA) is 113 Å². The van der Waals surface area contributed by atoms with E-state index >= 15 is 0 Å². The molecule has 0 radical (unpaired) electrons. The molecule has 0 unspecified atom stereocenters. The van der Waals surface area contributed by atoms with Crippen molar-refractivity contribution in [3.05, 3.63) is 0 Å². The minimum atomic E-state index is -1.04. The van der Waals surface area contributed by atoms with Crippen molar-refractivity contribution in [1.29, 1.82) is 0 Å². The van der Waals surface area contributed by atoms with Gasteiger partial charge >= 0.3 is 18.0 Å². The van der Waals surface area contributed by atoms with Crippen molar-refractivity contribution in [3.8, 4) is 0 Å². The number of esters is 2. The Bertz CT molecular complexity index is 593. The lowest BCUT2D eigenvalue weighted by molar-refractivity contribution is -0.146. The molecular formula is C18H30N2O7. The maximum Gasteiger partial charge on any atom is 0.408 e. The summed E-state index contributed by atoms with van der Waals surface area (Å²) in [6.07, 6.45) is -0.713. The van der Waals surface area contributed by atoms with Crippen LogP contribution in [-0.4, -0.2) is 54.2 Å². The first-order valence-corrected chi connectivity index (χ1v) is 9.00. The highest BCUT2D eigenvalue weighted by atomic mass is 16.7. The quantitative estimate of drug-likeness (QED) is 0.527. The van der Waals surface area contributed by atoms with Gasteiger partial charge in [-0.1, -0.05) is 5.16 Å². The Morgan fingerprint density at radius 3 is 2.30 bits per heavy atom. The van der Waals surface area contributed by atoms with Gasteiger partial charge in [-0.2, -0.15) is 0 Å². The monoisotopic (exact) mass is 386 g/mol.